The lowest BCUT2D eigenvalue weighted by molar-refractivity contribution is -0.134. The molecule has 0 unspecified atom stereocenters. The van der Waals surface area contributed by atoms with Crippen molar-refractivity contribution in [1.29, 1.82) is 0 Å². The molecule has 0 spiro atoms. The van der Waals surface area contributed by atoms with Gasteiger partial charge in [0.1, 0.15) is 5.57 Å². The largest absolute Gasteiger partial charge is 0.333 e. The molecule has 1 aliphatic heterocycles. The molecule has 1 saturated heterocycles. The van der Waals surface area contributed by atoms with Crippen LogP contribution in [0, 0.1) is 0 Å². The lowest BCUT2D eigenvalue weighted by Gasteiger charge is -2.28. The summed E-state index contributed by atoms with van der Waals surface area (Å²) in [5, 5.41) is 2.56. The molecular formula is C14H12N4O3S. The Morgan fingerprint density at radius 2 is 1.82 bits per heavy atom. The molecule has 22 heavy (non-hydrogen) atoms. The van der Waals surface area contributed by atoms with E-state index in [-0.39, 0.29) is 5.57 Å². The highest BCUT2D eigenvalue weighted by atomic mass is 32.1. The van der Waals surface area contributed by atoms with Gasteiger partial charge in [-0.05, 0) is 18.2 Å². The Kier molecular flexibility index (Phi) is 3.38. The number of nitrogens with zero attached hydrogens (tertiary/aromatic N) is 4. The van der Waals surface area contributed by atoms with Crippen LogP contribution in [0.4, 0.5) is 4.79 Å². The van der Waals surface area contributed by atoms with Gasteiger partial charge < -0.3 is 0 Å². The van der Waals surface area contributed by atoms with E-state index >= 15 is 0 Å². The fourth-order valence-corrected chi connectivity index (χ4v) is 2.79. The molecule has 0 radical (unpaired) electrons. The van der Waals surface area contributed by atoms with Crippen LogP contribution >= 0.6 is 11.3 Å². The molecule has 112 valence electrons. The highest BCUT2D eigenvalue weighted by Crippen LogP contribution is 2.21. The molecule has 8 heteroatoms. The van der Waals surface area contributed by atoms with Crippen LogP contribution in [0.5, 0.6) is 0 Å². The minimum atomic E-state index is -0.637. The highest BCUT2D eigenvalue weighted by Gasteiger charge is 2.37. The van der Waals surface area contributed by atoms with Gasteiger partial charge in [0.15, 0.2) is 5.13 Å². The van der Waals surface area contributed by atoms with Crippen molar-refractivity contribution >= 4 is 35.3 Å². The van der Waals surface area contributed by atoms with Crippen molar-refractivity contribution in [3.05, 3.63) is 41.2 Å². The van der Waals surface area contributed by atoms with E-state index in [0.29, 0.717) is 5.69 Å². The Balaban J connectivity index is 2.05. The number of urea groups is 1. The first-order chi connectivity index (χ1) is 10.5. The predicted octanol–water partition coefficient (Wildman–Crippen LogP) is 1.37. The normalized spacial score (nSPS) is 15.7. The fraction of sp³-hybridized carbons (Fsp3) is 0.143. The maximum absolute atomic E-state index is 12.2. The van der Waals surface area contributed by atoms with Crippen LogP contribution in [0.1, 0.15) is 5.69 Å². The quantitative estimate of drug-likeness (QED) is 0.619. The molecular weight excluding hydrogens is 304 g/mol. The second-order valence-electron chi connectivity index (χ2n) is 4.69. The molecule has 0 atom stereocenters. The first kappa shape index (κ1) is 14.2. The van der Waals surface area contributed by atoms with Gasteiger partial charge in [-0.3, -0.25) is 24.0 Å². The summed E-state index contributed by atoms with van der Waals surface area (Å²) in [6, 6.07) is 2.93. The first-order valence-corrected chi connectivity index (χ1v) is 7.27. The van der Waals surface area contributed by atoms with Crippen LogP contribution in [0.25, 0.3) is 11.2 Å². The van der Waals surface area contributed by atoms with E-state index in [0.717, 1.165) is 14.9 Å². The number of hydrogen-bond donors (Lipinski definition) is 0. The van der Waals surface area contributed by atoms with Crippen LogP contribution in [-0.4, -0.2) is 51.3 Å². The third-order valence-corrected chi connectivity index (χ3v) is 4.11. The number of likely N-dealkylation sites (N-methyl/N-ethyl adjacent to an activating group) is 2. The monoisotopic (exact) mass is 316 g/mol. The van der Waals surface area contributed by atoms with Crippen LogP contribution < -0.4 is 0 Å². The molecule has 0 N–H and O–H groups in total. The van der Waals surface area contributed by atoms with Gasteiger partial charge in [-0.25, -0.2) is 9.78 Å². The van der Waals surface area contributed by atoms with E-state index in [4.69, 9.17) is 0 Å². The van der Waals surface area contributed by atoms with Crippen LogP contribution in [0.15, 0.2) is 35.5 Å². The summed E-state index contributed by atoms with van der Waals surface area (Å²) in [6.45, 7) is 0. The first-order valence-electron chi connectivity index (χ1n) is 6.39. The number of imide groups is 2. The number of rotatable bonds is 2. The summed E-state index contributed by atoms with van der Waals surface area (Å²) in [7, 11) is 2.70. The van der Waals surface area contributed by atoms with Gasteiger partial charge in [0, 0.05) is 37.6 Å². The molecule has 3 rings (SSSR count). The minimum Gasteiger partial charge on any atom is -0.293 e. The molecule has 1 aliphatic rings. The van der Waals surface area contributed by atoms with E-state index in [1.807, 2.05) is 5.38 Å². The average Bonchev–Trinajstić information content (AvgIpc) is 3.18. The number of aromatic nitrogens is 2. The van der Waals surface area contributed by atoms with Gasteiger partial charge in [0.25, 0.3) is 11.8 Å². The minimum absolute atomic E-state index is 0.0545. The van der Waals surface area contributed by atoms with Crippen LogP contribution in [-0.2, 0) is 9.59 Å². The van der Waals surface area contributed by atoms with Crippen LogP contribution in [0.3, 0.4) is 0 Å². The predicted molar refractivity (Wildman–Crippen MR) is 80.4 cm³/mol. The van der Waals surface area contributed by atoms with Crippen LogP contribution in [0.2, 0.25) is 0 Å². The lowest BCUT2D eigenvalue weighted by Crippen LogP contribution is -2.52. The third kappa shape index (κ3) is 2.13. The molecule has 0 aliphatic carbocycles. The SMILES string of the molecule is CN1C(=O)C(=Cc2cccn2-c2nccs2)C(=O)N(C)C1=O. The average molecular weight is 316 g/mol. The van der Waals surface area contributed by atoms with Gasteiger partial charge in [-0.2, -0.15) is 0 Å². The summed E-state index contributed by atoms with van der Waals surface area (Å²) in [4.78, 5) is 42.1. The zero-order valence-corrected chi connectivity index (χ0v) is 12.7. The molecule has 2 aromatic rings. The third-order valence-electron chi connectivity index (χ3n) is 3.34. The van der Waals surface area contributed by atoms with Crippen molar-refractivity contribution < 1.29 is 14.4 Å². The van der Waals surface area contributed by atoms with Gasteiger partial charge in [0.05, 0.1) is 0 Å². The molecule has 0 aromatic carbocycles. The molecule has 1 fully saturated rings. The zero-order chi connectivity index (χ0) is 15.9. The second-order valence-corrected chi connectivity index (χ2v) is 5.56. The zero-order valence-electron chi connectivity index (χ0n) is 11.9. The smallest absolute Gasteiger partial charge is 0.293 e. The maximum atomic E-state index is 12.2. The molecule has 7 nitrogen and oxygen atoms in total. The standard InChI is InChI=1S/C14H12N4O3S/c1-16-11(19)10(12(20)17(2)14(16)21)8-9-4-3-6-18(9)13-15-5-7-22-13/h3-8H,1-2H3. The number of amides is 4. The highest BCUT2D eigenvalue weighted by molar-refractivity contribution is 7.12. The van der Waals surface area contributed by atoms with E-state index in [1.165, 1.54) is 31.5 Å². The molecule has 2 aromatic heterocycles. The van der Waals surface area contributed by atoms with E-state index in [2.05, 4.69) is 4.98 Å². The summed E-state index contributed by atoms with van der Waals surface area (Å²) < 4.78 is 1.77. The molecule has 0 saturated carbocycles. The topological polar surface area (TPSA) is 75.5 Å². The lowest BCUT2D eigenvalue weighted by atomic mass is 10.1. The summed E-state index contributed by atoms with van der Waals surface area (Å²) in [5.41, 5.74) is 0.587. The Bertz CT molecular complexity index is 765. The van der Waals surface area contributed by atoms with Gasteiger partial charge in [0.2, 0.25) is 0 Å². The van der Waals surface area contributed by atoms with Crippen molar-refractivity contribution in [2.45, 2.75) is 0 Å². The van der Waals surface area contributed by atoms with Gasteiger partial charge in [-0.1, -0.05) is 0 Å². The summed E-state index contributed by atoms with van der Waals surface area (Å²) >= 11 is 1.44. The Morgan fingerprint density at radius 1 is 1.14 bits per heavy atom. The van der Waals surface area contributed by atoms with Crippen molar-refractivity contribution in [1.82, 2.24) is 19.4 Å². The van der Waals surface area contributed by atoms with Crippen molar-refractivity contribution in [3.63, 3.8) is 0 Å². The van der Waals surface area contributed by atoms with Gasteiger partial charge >= 0.3 is 6.03 Å². The van der Waals surface area contributed by atoms with E-state index in [1.54, 1.807) is 29.1 Å². The maximum Gasteiger partial charge on any atom is 0.333 e. The number of barbiturate groups is 1. The number of carbonyl (C=O) groups excluding carboxylic acids is 3. The number of thiazole rings is 1. The molecule has 4 amide bonds. The van der Waals surface area contributed by atoms with Crippen molar-refractivity contribution in [3.8, 4) is 5.13 Å². The number of hydrogen-bond acceptors (Lipinski definition) is 5. The summed E-state index contributed by atoms with van der Waals surface area (Å²) in [5.74, 6) is -1.22. The van der Waals surface area contributed by atoms with E-state index < -0.39 is 17.8 Å². The van der Waals surface area contributed by atoms with Crippen molar-refractivity contribution in [2.24, 2.45) is 0 Å². The fourth-order valence-electron chi connectivity index (χ4n) is 2.14. The molecule has 0 bridgehead atoms. The van der Waals surface area contributed by atoms with Crippen molar-refractivity contribution in [2.75, 3.05) is 14.1 Å². The second kappa shape index (κ2) is 5.23. The van der Waals surface area contributed by atoms with Gasteiger partial charge in [-0.15, -0.1) is 11.3 Å². The Labute approximate surface area is 130 Å². The summed E-state index contributed by atoms with van der Waals surface area (Å²) in [6.07, 6.45) is 4.95. The van der Waals surface area contributed by atoms with E-state index in [9.17, 15) is 14.4 Å². The Morgan fingerprint density at radius 3 is 2.41 bits per heavy atom. The molecule has 3 heterocycles. The number of carbonyl (C=O) groups is 3. The Hall–Kier alpha value is -2.74.